The van der Waals surface area contributed by atoms with Gasteiger partial charge in [-0.1, -0.05) is 0 Å². The van der Waals surface area contributed by atoms with Gasteiger partial charge in [0.05, 0.1) is 5.88 Å². The zero-order chi connectivity index (χ0) is 12.4. The lowest BCUT2D eigenvalue weighted by atomic mass is 10.2. The fourth-order valence-electron chi connectivity index (χ4n) is 2.43. The molecule has 2 rings (SSSR count). The maximum atomic E-state index is 11.7. The van der Waals surface area contributed by atoms with Crippen molar-refractivity contribution in [1.29, 1.82) is 0 Å². The standard InChI is InChI=1S/C13H18ClNOS/c1-9-6-12(13(16)7-14)10(2)15(9)8-11-4-3-5-17-11/h6,11H,3-5,7-8H2,1-2H3. The van der Waals surface area contributed by atoms with E-state index >= 15 is 0 Å². The Hall–Kier alpha value is -0.410. The van der Waals surface area contributed by atoms with Crippen molar-refractivity contribution in [2.75, 3.05) is 11.6 Å². The van der Waals surface area contributed by atoms with E-state index in [1.54, 1.807) is 0 Å². The van der Waals surface area contributed by atoms with E-state index in [0.717, 1.165) is 17.8 Å². The van der Waals surface area contributed by atoms with Gasteiger partial charge in [0.15, 0.2) is 5.78 Å². The van der Waals surface area contributed by atoms with Crippen molar-refractivity contribution in [2.45, 2.75) is 38.5 Å². The van der Waals surface area contributed by atoms with Crippen molar-refractivity contribution in [3.63, 3.8) is 0 Å². The minimum absolute atomic E-state index is 0.0325. The molecule has 0 saturated carbocycles. The Bertz CT molecular complexity index is 421. The van der Waals surface area contributed by atoms with Gasteiger partial charge in [-0.15, -0.1) is 11.6 Å². The van der Waals surface area contributed by atoms with Crippen LogP contribution < -0.4 is 0 Å². The number of Topliss-reactive ketones (excluding diaryl/α,β-unsaturated/α-hetero) is 1. The monoisotopic (exact) mass is 271 g/mol. The zero-order valence-electron chi connectivity index (χ0n) is 10.3. The van der Waals surface area contributed by atoms with Crippen LogP contribution in [0.1, 0.15) is 34.6 Å². The lowest BCUT2D eigenvalue weighted by molar-refractivity contribution is 0.102. The number of hydrogen-bond acceptors (Lipinski definition) is 2. The highest BCUT2D eigenvalue weighted by Crippen LogP contribution is 2.29. The van der Waals surface area contributed by atoms with Gasteiger partial charge in [-0.3, -0.25) is 4.79 Å². The average Bonchev–Trinajstić information content (AvgIpc) is 2.91. The molecule has 0 aliphatic carbocycles. The average molecular weight is 272 g/mol. The fourth-order valence-corrected chi connectivity index (χ4v) is 3.83. The number of aromatic nitrogens is 1. The van der Waals surface area contributed by atoms with E-state index < -0.39 is 0 Å². The van der Waals surface area contributed by atoms with Crippen molar-refractivity contribution in [3.05, 3.63) is 23.0 Å². The summed E-state index contributed by atoms with van der Waals surface area (Å²) in [6.45, 7) is 5.11. The second-order valence-corrected chi connectivity index (χ2v) is 6.26. The first-order chi connectivity index (χ1) is 8.13. The van der Waals surface area contributed by atoms with Crippen LogP contribution >= 0.6 is 23.4 Å². The van der Waals surface area contributed by atoms with Gasteiger partial charge in [-0.2, -0.15) is 11.8 Å². The quantitative estimate of drug-likeness (QED) is 0.618. The second-order valence-electron chi connectivity index (χ2n) is 4.59. The maximum absolute atomic E-state index is 11.7. The Morgan fingerprint density at radius 1 is 1.59 bits per heavy atom. The van der Waals surface area contributed by atoms with Crippen molar-refractivity contribution < 1.29 is 4.79 Å². The number of aryl methyl sites for hydroxylation is 1. The van der Waals surface area contributed by atoms with E-state index in [0.29, 0.717) is 5.25 Å². The van der Waals surface area contributed by atoms with Crippen LogP contribution in [0.3, 0.4) is 0 Å². The van der Waals surface area contributed by atoms with Crippen LogP contribution in [0.2, 0.25) is 0 Å². The van der Waals surface area contributed by atoms with Gasteiger partial charge < -0.3 is 4.57 Å². The van der Waals surface area contributed by atoms with Crippen LogP contribution in [0.4, 0.5) is 0 Å². The predicted molar refractivity (Wildman–Crippen MR) is 74.4 cm³/mol. The first-order valence-corrected chi connectivity index (χ1v) is 7.59. The predicted octanol–water partition coefficient (Wildman–Crippen LogP) is 3.42. The number of carbonyl (C=O) groups is 1. The Morgan fingerprint density at radius 3 is 2.94 bits per heavy atom. The van der Waals surface area contributed by atoms with Crippen LogP contribution in [0, 0.1) is 13.8 Å². The summed E-state index contributed by atoms with van der Waals surface area (Å²) >= 11 is 7.67. The van der Waals surface area contributed by atoms with Gasteiger partial charge in [-0.25, -0.2) is 0 Å². The molecule has 1 aliphatic rings. The van der Waals surface area contributed by atoms with Gasteiger partial charge in [-0.05, 0) is 38.5 Å². The molecule has 1 aliphatic heterocycles. The topological polar surface area (TPSA) is 22.0 Å². The molecule has 1 aromatic rings. The number of rotatable bonds is 4. The summed E-state index contributed by atoms with van der Waals surface area (Å²) in [4.78, 5) is 11.7. The van der Waals surface area contributed by atoms with E-state index in [4.69, 9.17) is 11.6 Å². The molecular formula is C13H18ClNOS. The molecule has 17 heavy (non-hydrogen) atoms. The molecule has 1 aromatic heterocycles. The number of ketones is 1. The van der Waals surface area contributed by atoms with Crippen LogP contribution in [0.25, 0.3) is 0 Å². The van der Waals surface area contributed by atoms with Crippen LogP contribution in [0.15, 0.2) is 6.07 Å². The molecule has 0 bridgehead atoms. The smallest absolute Gasteiger partial charge is 0.179 e. The van der Waals surface area contributed by atoms with Crippen molar-refractivity contribution >= 4 is 29.1 Å². The van der Waals surface area contributed by atoms with E-state index in [1.807, 2.05) is 24.8 Å². The summed E-state index contributed by atoms with van der Waals surface area (Å²) in [6, 6.07) is 1.97. The first kappa shape index (κ1) is 13.0. The molecule has 1 saturated heterocycles. The van der Waals surface area contributed by atoms with Crippen molar-refractivity contribution in [2.24, 2.45) is 0 Å². The highest BCUT2D eigenvalue weighted by Gasteiger charge is 2.20. The molecule has 0 amide bonds. The minimum atomic E-state index is 0.0325. The number of nitrogens with zero attached hydrogens (tertiary/aromatic N) is 1. The minimum Gasteiger partial charge on any atom is -0.347 e. The van der Waals surface area contributed by atoms with Crippen molar-refractivity contribution in [3.8, 4) is 0 Å². The van der Waals surface area contributed by atoms with E-state index in [9.17, 15) is 4.79 Å². The van der Waals surface area contributed by atoms with Gasteiger partial charge in [0, 0.05) is 28.7 Å². The molecule has 2 heterocycles. The number of hydrogen-bond donors (Lipinski definition) is 0. The molecule has 0 spiro atoms. The third-order valence-electron chi connectivity index (χ3n) is 3.41. The SMILES string of the molecule is Cc1cc(C(=O)CCl)c(C)n1CC1CCCS1. The van der Waals surface area contributed by atoms with Gasteiger partial charge in [0.2, 0.25) is 0 Å². The maximum Gasteiger partial charge on any atom is 0.179 e. The highest BCUT2D eigenvalue weighted by atomic mass is 35.5. The van der Waals surface area contributed by atoms with Crippen LogP contribution in [-0.2, 0) is 6.54 Å². The molecule has 0 radical (unpaired) electrons. The second kappa shape index (κ2) is 5.49. The fraction of sp³-hybridized carbons (Fsp3) is 0.615. The molecule has 94 valence electrons. The number of halogens is 1. The molecule has 0 aromatic carbocycles. The Morgan fingerprint density at radius 2 is 2.35 bits per heavy atom. The van der Waals surface area contributed by atoms with E-state index in [2.05, 4.69) is 11.5 Å². The van der Waals surface area contributed by atoms with E-state index in [-0.39, 0.29) is 11.7 Å². The normalized spacial score (nSPS) is 19.8. The number of alkyl halides is 1. The summed E-state index contributed by atoms with van der Waals surface area (Å²) in [7, 11) is 0. The van der Waals surface area contributed by atoms with Crippen LogP contribution in [-0.4, -0.2) is 27.2 Å². The largest absolute Gasteiger partial charge is 0.347 e. The summed E-state index contributed by atoms with van der Waals surface area (Å²) < 4.78 is 2.27. The third kappa shape index (κ3) is 2.71. The Labute approximate surface area is 112 Å². The Kier molecular flexibility index (Phi) is 4.21. The molecule has 1 atom stereocenters. The van der Waals surface area contributed by atoms with E-state index in [1.165, 1.54) is 24.3 Å². The lowest BCUT2D eigenvalue weighted by Gasteiger charge is -2.14. The molecule has 0 N–H and O–H groups in total. The van der Waals surface area contributed by atoms with Gasteiger partial charge in [0.25, 0.3) is 0 Å². The molecule has 2 nitrogen and oxygen atoms in total. The summed E-state index contributed by atoms with van der Waals surface area (Å²) in [6.07, 6.45) is 2.61. The number of carbonyl (C=O) groups excluding carboxylic acids is 1. The number of thioether (sulfide) groups is 1. The highest BCUT2D eigenvalue weighted by molar-refractivity contribution is 8.00. The van der Waals surface area contributed by atoms with Gasteiger partial charge in [0.1, 0.15) is 0 Å². The third-order valence-corrected chi connectivity index (χ3v) is 5.03. The van der Waals surface area contributed by atoms with Gasteiger partial charge >= 0.3 is 0 Å². The first-order valence-electron chi connectivity index (χ1n) is 6.01. The molecule has 1 unspecified atom stereocenters. The molecular weight excluding hydrogens is 254 g/mol. The zero-order valence-corrected chi connectivity index (χ0v) is 11.9. The van der Waals surface area contributed by atoms with Crippen LogP contribution in [0.5, 0.6) is 0 Å². The van der Waals surface area contributed by atoms with Crippen molar-refractivity contribution in [1.82, 2.24) is 4.57 Å². The summed E-state index contributed by atoms with van der Waals surface area (Å²) in [5, 5.41) is 0.707. The molecule has 1 fully saturated rings. The summed E-state index contributed by atoms with van der Waals surface area (Å²) in [5.74, 6) is 1.38. The lowest BCUT2D eigenvalue weighted by Crippen LogP contribution is -2.13. The molecule has 4 heteroatoms. The Balaban J connectivity index is 2.21. The summed E-state index contributed by atoms with van der Waals surface area (Å²) in [5.41, 5.74) is 3.03.